The fraction of sp³-hybridized carbons (Fsp3) is 0.500. The van der Waals surface area contributed by atoms with Gasteiger partial charge in [0, 0.05) is 18.8 Å². The van der Waals surface area contributed by atoms with Crippen molar-refractivity contribution in [2.45, 2.75) is 26.3 Å². The number of anilines is 1. The number of carboxylic acids is 1. The quantitative estimate of drug-likeness (QED) is 0.860. The van der Waals surface area contributed by atoms with Gasteiger partial charge in [-0.1, -0.05) is 12.1 Å². The summed E-state index contributed by atoms with van der Waals surface area (Å²) in [4.78, 5) is 25.4. The van der Waals surface area contributed by atoms with Gasteiger partial charge in [0.2, 0.25) is 5.91 Å². The molecule has 1 amide bonds. The van der Waals surface area contributed by atoms with E-state index in [9.17, 15) is 14.7 Å². The van der Waals surface area contributed by atoms with Gasteiger partial charge in [0.05, 0.1) is 19.6 Å². The van der Waals surface area contributed by atoms with E-state index < -0.39 is 12.0 Å². The maximum Gasteiger partial charge on any atom is 0.321 e. The zero-order valence-electron chi connectivity index (χ0n) is 13.0. The number of aryl methyl sites for hydroxylation is 1. The number of nitrogens with zero attached hydrogens (tertiary/aromatic N) is 1. The number of carboxylic acid groups (broad SMARTS) is 1. The van der Waals surface area contributed by atoms with E-state index >= 15 is 0 Å². The van der Waals surface area contributed by atoms with Crippen LogP contribution >= 0.6 is 0 Å². The molecule has 2 rings (SSSR count). The van der Waals surface area contributed by atoms with Crippen molar-refractivity contribution in [3.8, 4) is 0 Å². The lowest BCUT2D eigenvalue weighted by Crippen LogP contribution is -2.48. The summed E-state index contributed by atoms with van der Waals surface area (Å²) >= 11 is 0. The fourth-order valence-corrected chi connectivity index (χ4v) is 2.53. The number of ether oxygens (including phenoxy) is 1. The third-order valence-corrected chi connectivity index (χ3v) is 4.03. The molecule has 6 nitrogen and oxygen atoms in total. The molecule has 6 heteroatoms. The number of rotatable bonds is 5. The van der Waals surface area contributed by atoms with Crippen molar-refractivity contribution in [1.29, 1.82) is 0 Å². The van der Waals surface area contributed by atoms with Gasteiger partial charge in [0.25, 0.3) is 0 Å². The monoisotopic (exact) mass is 306 g/mol. The second-order valence-corrected chi connectivity index (χ2v) is 5.50. The zero-order chi connectivity index (χ0) is 16.1. The van der Waals surface area contributed by atoms with Crippen molar-refractivity contribution >= 4 is 17.6 Å². The minimum Gasteiger partial charge on any atom is -0.480 e. The lowest BCUT2D eigenvalue weighted by Gasteiger charge is -2.31. The predicted octanol–water partition coefficient (Wildman–Crippen LogP) is 1.42. The smallest absolute Gasteiger partial charge is 0.321 e. The number of morpholine rings is 1. The molecule has 1 saturated heterocycles. The molecule has 0 radical (unpaired) electrons. The third-order valence-electron chi connectivity index (χ3n) is 4.03. The van der Waals surface area contributed by atoms with E-state index in [4.69, 9.17) is 4.74 Å². The highest BCUT2D eigenvalue weighted by Gasteiger charge is 2.29. The Morgan fingerprint density at radius 3 is 2.64 bits per heavy atom. The van der Waals surface area contributed by atoms with E-state index in [2.05, 4.69) is 5.32 Å². The van der Waals surface area contributed by atoms with Crippen molar-refractivity contribution in [3.63, 3.8) is 0 Å². The molecule has 1 aromatic carbocycles. The second-order valence-electron chi connectivity index (χ2n) is 5.50. The van der Waals surface area contributed by atoms with Crippen LogP contribution in [0.3, 0.4) is 0 Å². The van der Waals surface area contributed by atoms with Crippen molar-refractivity contribution in [2.24, 2.45) is 0 Å². The Kier molecular flexibility index (Phi) is 5.51. The fourth-order valence-electron chi connectivity index (χ4n) is 2.53. The van der Waals surface area contributed by atoms with Crippen molar-refractivity contribution in [3.05, 3.63) is 29.3 Å². The van der Waals surface area contributed by atoms with Gasteiger partial charge in [0.1, 0.15) is 6.04 Å². The lowest BCUT2D eigenvalue weighted by atomic mass is 10.1. The molecule has 0 spiro atoms. The first-order chi connectivity index (χ1) is 10.5. The number of carbonyl (C=O) groups is 2. The largest absolute Gasteiger partial charge is 0.480 e. The summed E-state index contributed by atoms with van der Waals surface area (Å²) in [7, 11) is 0. The Balaban J connectivity index is 2.02. The van der Waals surface area contributed by atoms with Gasteiger partial charge in [-0.25, -0.2) is 0 Å². The first-order valence-electron chi connectivity index (χ1n) is 7.39. The van der Waals surface area contributed by atoms with Gasteiger partial charge >= 0.3 is 5.97 Å². The number of carbonyl (C=O) groups excluding carboxylic acids is 1. The summed E-state index contributed by atoms with van der Waals surface area (Å²) in [5.41, 5.74) is 2.81. The molecule has 1 aromatic rings. The highest BCUT2D eigenvalue weighted by atomic mass is 16.5. The average Bonchev–Trinajstić information content (AvgIpc) is 2.50. The minimum absolute atomic E-state index is 0.0668. The first-order valence-corrected chi connectivity index (χ1v) is 7.39. The second kappa shape index (κ2) is 7.38. The molecule has 0 aromatic heterocycles. The van der Waals surface area contributed by atoms with E-state index in [1.54, 1.807) is 4.90 Å². The van der Waals surface area contributed by atoms with E-state index in [1.165, 1.54) is 0 Å². The summed E-state index contributed by atoms with van der Waals surface area (Å²) < 4.78 is 5.22. The van der Waals surface area contributed by atoms with Crippen LogP contribution in [0, 0.1) is 13.8 Å². The molecule has 0 saturated carbocycles. The van der Waals surface area contributed by atoms with Crippen LogP contribution < -0.4 is 5.32 Å². The molecular formula is C16H22N2O4. The number of nitrogens with one attached hydrogen (secondary N) is 1. The lowest BCUT2D eigenvalue weighted by molar-refractivity contribution is -0.147. The summed E-state index contributed by atoms with van der Waals surface area (Å²) in [5, 5.41) is 12.2. The maximum atomic E-state index is 12.2. The molecule has 2 N–H and O–H groups in total. The Hall–Kier alpha value is -1.92. The Bertz CT molecular complexity index is 553. The molecule has 1 heterocycles. The molecule has 1 atom stereocenters. The molecule has 22 heavy (non-hydrogen) atoms. The Morgan fingerprint density at radius 1 is 1.32 bits per heavy atom. The van der Waals surface area contributed by atoms with Crippen LogP contribution in [0.5, 0.6) is 0 Å². The van der Waals surface area contributed by atoms with Crippen LogP contribution in [0.4, 0.5) is 5.69 Å². The zero-order valence-corrected chi connectivity index (χ0v) is 13.0. The van der Waals surface area contributed by atoms with Gasteiger partial charge in [-0.3, -0.25) is 14.5 Å². The summed E-state index contributed by atoms with van der Waals surface area (Å²) in [5.74, 6) is -1.26. The normalized spacial score (nSPS) is 17.0. The SMILES string of the molecule is Cc1cccc(NC(=O)C[C@@H](C(=O)O)N2CCOCC2)c1C. The third kappa shape index (κ3) is 4.05. The van der Waals surface area contributed by atoms with E-state index in [0.717, 1.165) is 16.8 Å². The summed E-state index contributed by atoms with van der Waals surface area (Å²) in [6.45, 7) is 5.98. The van der Waals surface area contributed by atoms with Gasteiger partial charge in [-0.2, -0.15) is 0 Å². The molecule has 0 unspecified atom stereocenters. The summed E-state index contributed by atoms with van der Waals surface area (Å²) in [6, 6.07) is 4.85. The van der Waals surface area contributed by atoms with Crippen molar-refractivity contribution in [1.82, 2.24) is 4.90 Å². The Morgan fingerprint density at radius 2 is 2.00 bits per heavy atom. The number of aliphatic carboxylic acids is 1. The average molecular weight is 306 g/mol. The molecule has 0 aliphatic carbocycles. The maximum absolute atomic E-state index is 12.2. The van der Waals surface area contributed by atoms with Crippen molar-refractivity contribution < 1.29 is 19.4 Å². The van der Waals surface area contributed by atoms with E-state index in [1.807, 2.05) is 32.0 Å². The molecule has 0 bridgehead atoms. The number of benzene rings is 1. The molecular weight excluding hydrogens is 284 g/mol. The van der Waals surface area contributed by atoms with E-state index in [-0.39, 0.29) is 12.3 Å². The molecule has 1 aliphatic heterocycles. The van der Waals surface area contributed by atoms with Crippen LogP contribution in [0.2, 0.25) is 0 Å². The van der Waals surface area contributed by atoms with Crippen LogP contribution in [0.25, 0.3) is 0 Å². The van der Waals surface area contributed by atoms with Crippen LogP contribution in [0.1, 0.15) is 17.5 Å². The number of amides is 1. The minimum atomic E-state index is -0.974. The van der Waals surface area contributed by atoms with Gasteiger partial charge in [-0.15, -0.1) is 0 Å². The van der Waals surface area contributed by atoms with Gasteiger partial charge in [-0.05, 0) is 31.0 Å². The standard InChI is InChI=1S/C16H22N2O4/c1-11-4-3-5-13(12(11)2)17-15(19)10-14(16(20)21)18-6-8-22-9-7-18/h3-5,14H,6-10H2,1-2H3,(H,17,19)(H,20,21)/t14-/m0/s1. The molecule has 120 valence electrons. The van der Waals surface area contributed by atoms with Gasteiger partial charge in [0.15, 0.2) is 0 Å². The highest BCUT2D eigenvalue weighted by molar-refractivity contribution is 5.94. The van der Waals surface area contributed by atoms with Crippen molar-refractivity contribution in [2.75, 3.05) is 31.6 Å². The number of hydrogen-bond acceptors (Lipinski definition) is 4. The molecule has 1 fully saturated rings. The topological polar surface area (TPSA) is 78.9 Å². The van der Waals surface area contributed by atoms with Crippen LogP contribution in [-0.4, -0.2) is 54.2 Å². The highest BCUT2D eigenvalue weighted by Crippen LogP contribution is 2.19. The first kappa shape index (κ1) is 16.5. The van der Waals surface area contributed by atoms with E-state index in [0.29, 0.717) is 26.3 Å². The predicted molar refractivity (Wildman–Crippen MR) is 83.0 cm³/mol. The number of hydrogen-bond donors (Lipinski definition) is 2. The molecule has 1 aliphatic rings. The van der Waals surface area contributed by atoms with Gasteiger partial charge < -0.3 is 15.2 Å². The van der Waals surface area contributed by atoms with Crippen LogP contribution in [0.15, 0.2) is 18.2 Å². The van der Waals surface area contributed by atoms with Crippen LogP contribution in [-0.2, 0) is 14.3 Å². The summed E-state index contributed by atoms with van der Waals surface area (Å²) in [6.07, 6.45) is -0.0668. The Labute approximate surface area is 130 Å².